The number of fused-ring (bicyclic) bond motifs is 1. The van der Waals surface area contributed by atoms with Crippen molar-refractivity contribution in [1.82, 2.24) is 14.7 Å². The van der Waals surface area contributed by atoms with Crippen molar-refractivity contribution in [1.29, 1.82) is 0 Å². The second-order valence-corrected chi connectivity index (χ2v) is 7.23. The highest BCUT2D eigenvalue weighted by Gasteiger charge is 2.33. The Morgan fingerprint density at radius 3 is 2.71 bits per heavy atom. The molecule has 0 saturated carbocycles. The van der Waals surface area contributed by atoms with Gasteiger partial charge < -0.3 is 14.7 Å². The van der Waals surface area contributed by atoms with E-state index in [2.05, 4.69) is 5.10 Å². The number of carboxylic acid groups (broad SMARTS) is 1. The van der Waals surface area contributed by atoms with Gasteiger partial charge in [0.15, 0.2) is 5.69 Å². The van der Waals surface area contributed by atoms with Crippen molar-refractivity contribution in [3.05, 3.63) is 52.6 Å². The van der Waals surface area contributed by atoms with E-state index < -0.39 is 12.1 Å². The molecule has 28 heavy (non-hydrogen) atoms. The molecule has 0 radical (unpaired) electrons. The summed E-state index contributed by atoms with van der Waals surface area (Å²) >= 11 is 0. The fourth-order valence-electron chi connectivity index (χ4n) is 3.88. The Hall–Kier alpha value is -2.74. The molecular formula is C20H22FN3O4. The zero-order valence-electron chi connectivity index (χ0n) is 15.4. The number of ether oxygens (including phenoxy) is 1. The van der Waals surface area contributed by atoms with Crippen LogP contribution in [0.2, 0.25) is 0 Å². The molecule has 0 aliphatic carbocycles. The second kappa shape index (κ2) is 7.71. The Labute approximate surface area is 161 Å². The van der Waals surface area contributed by atoms with Crippen LogP contribution in [0, 0.1) is 5.82 Å². The molecule has 1 atom stereocenters. The Kier molecular flexibility index (Phi) is 5.13. The second-order valence-electron chi connectivity index (χ2n) is 7.23. The standard InChI is InChI=1S/C20H22FN3O4/c21-14-6-4-13(5-7-14)11-24-16-8-9-23(12-15(16)18(22-24)20(26)27)19(25)17-3-1-2-10-28-17/h4-7,17H,1-3,8-12H2,(H,26,27)/t17-/m1/s1. The number of nitrogens with zero attached hydrogens (tertiary/aromatic N) is 3. The molecule has 1 aromatic heterocycles. The average Bonchev–Trinajstić information content (AvgIpc) is 3.08. The normalized spacial score (nSPS) is 19.3. The molecular weight excluding hydrogens is 365 g/mol. The smallest absolute Gasteiger partial charge is 0.356 e. The summed E-state index contributed by atoms with van der Waals surface area (Å²) in [6.45, 7) is 1.67. The molecule has 2 aliphatic heterocycles. The van der Waals surface area contributed by atoms with E-state index in [1.54, 1.807) is 21.7 Å². The van der Waals surface area contributed by atoms with Gasteiger partial charge in [0, 0.05) is 37.4 Å². The van der Waals surface area contributed by atoms with Crippen molar-refractivity contribution in [2.45, 2.75) is 44.9 Å². The number of benzene rings is 1. The lowest BCUT2D eigenvalue weighted by molar-refractivity contribution is -0.147. The van der Waals surface area contributed by atoms with Crippen molar-refractivity contribution in [2.75, 3.05) is 13.2 Å². The molecule has 1 aromatic carbocycles. The number of aromatic carboxylic acids is 1. The predicted molar refractivity (Wildman–Crippen MR) is 97.4 cm³/mol. The van der Waals surface area contributed by atoms with Crippen LogP contribution in [0.25, 0.3) is 0 Å². The van der Waals surface area contributed by atoms with Gasteiger partial charge in [-0.3, -0.25) is 9.48 Å². The van der Waals surface area contributed by atoms with Crippen LogP contribution in [-0.2, 0) is 29.0 Å². The van der Waals surface area contributed by atoms with E-state index in [1.807, 2.05) is 0 Å². The van der Waals surface area contributed by atoms with Crippen molar-refractivity contribution in [2.24, 2.45) is 0 Å². The Morgan fingerprint density at radius 2 is 2.04 bits per heavy atom. The van der Waals surface area contributed by atoms with Crippen LogP contribution in [0.3, 0.4) is 0 Å². The van der Waals surface area contributed by atoms with E-state index >= 15 is 0 Å². The third-order valence-electron chi connectivity index (χ3n) is 5.35. The number of rotatable bonds is 4. The summed E-state index contributed by atoms with van der Waals surface area (Å²) in [4.78, 5) is 26.1. The summed E-state index contributed by atoms with van der Waals surface area (Å²) in [6, 6.07) is 6.05. The largest absolute Gasteiger partial charge is 0.476 e. The summed E-state index contributed by atoms with van der Waals surface area (Å²) in [5.74, 6) is -1.51. The van der Waals surface area contributed by atoms with Crippen LogP contribution < -0.4 is 0 Å². The molecule has 7 nitrogen and oxygen atoms in total. The SMILES string of the molecule is O=C(O)c1nn(Cc2ccc(F)cc2)c2c1CN(C(=O)[C@H]1CCCCO1)CC2. The lowest BCUT2D eigenvalue weighted by atomic mass is 10.0. The molecule has 1 saturated heterocycles. The maximum absolute atomic E-state index is 13.1. The van der Waals surface area contributed by atoms with E-state index in [9.17, 15) is 19.1 Å². The van der Waals surface area contributed by atoms with Crippen molar-refractivity contribution >= 4 is 11.9 Å². The van der Waals surface area contributed by atoms with Gasteiger partial charge in [-0.05, 0) is 37.0 Å². The van der Waals surface area contributed by atoms with Gasteiger partial charge >= 0.3 is 5.97 Å². The molecule has 8 heteroatoms. The molecule has 2 aliphatic rings. The molecule has 0 bridgehead atoms. The van der Waals surface area contributed by atoms with Gasteiger partial charge in [-0.15, -0.1) is 0 Å². The summed E-state index contributed by atoms with van der Waals surface area (Å²) in [7, 11) is 0. The van der Waals surface area contributed by atoms with Gasteiger partial charge in [-0.25, -0.2) is 9.18 Å². The topological polar surface area (TPSA) is 84.7 Å². The molecule has 0 unspecified atom stereocenters. The molecule has 1 amide bonds. The molecule has 0 spiro atoms. The monoisotopic (exact) mass is 387 g/mol. The molecule has 3 heterocycles. The number of carbonyl (C=O) groups excluding carboxylic acids is 1. The van der Waals surface area contributed by atoms with Gasteiger partial charge in [0.05, 0.1) is 6.54 Å². The van der Waals surface area contributed by atoms with E-state index in [4.69, 9.17) is 4.74 Å². The highest BCUT2D eigenvalue weighted by molar-refractivity contribution is 5.88. The zero-order valence-corrected chi connectivity index (χ0v) is 15.4. The third-order valence-corrected chi connectivity index (χ3v) is 5.35. The predicted octanol–water partition coefficient (Wildman–Crippen LogP) is 2.22. The van der Waals surface area contributed by atoms with E-state index in [-0.39, 0.29) is 24.0 Å². The highest BCUT2D eigenvalue weighted by atomic mass is 19.1. The first-order valence-corrected chi connectivity index (χ1v) is 9.49. The van der Waals surface area contributed by atoms with E-state index in [1.165, 1.54) is 12.1 Å². The minimum atomic E-state index is -1.11. The number of carbonyl (C=O) groups is 2. The van der Waals surface area contributed by atoms with Crippen molar-refractivity contribution in [3.63, 3.8) is 0 Å². The van der Waals surface area contributed by atoms with Crippen molar-refractivity contribution in [3.8, 4) is 0 Å². The van der Waals surface area contributed by atoms with Crippen LogP contribution >= 0.6 is 0 Å². The first kappa shape index (κ1) is 18.6. The van der Waals surface area contributed by atoms with Crippen LogP contribution in [0.1, 0.15) is 46.6 Å². The summed E-state index contributed by atoms with van der Waals surface area (Å²) in [6.07, 6.45) is 2.73. The minimum absolute atomic E-state index is 0.0285. The maximum atomic E-state index is 13.1. The van der Waals surface area contributed by atoms with Gasteiger partial charge in [0.2, 0.25) is 0 Å². The molecule has 148 valence electrons. The minimum Gasteiger partial charge on any atom is -0.476 e. The first-order valence-electron chi connectivity index (χ1n) is 9.49. The fraction of sp³-hybridized carbons (Fsp3) is 0.450. The zero-order chi connectivity index (χ0) is 19.7. The number of carboxylic acids is 1. The molecule has 1 N–H and O–H groups in total. The third kappa shape index (κ3) is 3.64. The van der Waals surface area contributed by atoms with E-state index in [0.717, 1.165) is 24.1 Å². The molecule has 2 aromatic rings. The fourth-order valence-corrected chi connectivity index (χ4v) is 3.88. The van der Waals surface area contributed by atoms with E-state index in [0.29, 0.717) is 38.1 Å². The average molecular weight is 387 g/mol. The van der Waals surface area contributed by atoms with Crippen molar-refractivity contribution < 1.29 is 23.8 Å². The lowest BCUT2D eigenvalue weighted by Gasteiger charge is -2.32. The number of hydrogen-bond donors (Lipinski definition) is 1. The van der Waals surface area contributed by atoms with Gasteiger partial charge in [-0.2, -0.15) is 5.10 Å². The highest BCUT2D eigenvalue weighted by Crippen LogP contribution is 2.26. The summed E-state index contributed by atoms with van der Waals surface area (Å²) in [5.41, 5.74) is 2.19. The molecule has 1 fully saturated rings. The number of aromatic nitrogens is 2. The Balaban J connectivity index is 1.58. The number of amides is 1. The quantitative estimate of drug-likeness (QED) is 0.870. The summed E-state index contributed by atoms with van der Waals surface area (Å²) < 4.78 is 20.4. The number of halogens is 1. The van der Waals surface area contributed by atoms with Gasteiger partial charge in [-0.1, -0.05) is 12.1 Å². The maximum Gasteiger partial charge on any atom is 0.356 e. The molecule has 4 rings (SSSR count). The van der Waals surface area contributed by atoms with Crippen LogP contribution in [0.5, 0.6) is 0 Å². The first-order chi connectivity index (χ1) is 13.5. The summed E-state index contributed by atoms with van der Waals surface area (Å²) in [5, 5.41) is 13.8. The lowest BCUT2D eigenvalue weighted by Crippen LogP contribution is -2.44. The van der Waals surface area contributed by atoms with Crippen LogP contribution in [-0.4, -0.2) is 50.9 Å². The van der Waals surface area contributed by atoms with Gasteiger partial charge in [0.25, 0.3) is 5.91 Å². The van der Waals surface area contributed by atoms with Crippen LogP contribution in [0.4, 0.5) is 4.39 Å². The van der Waals surface area contributed by atoms with Crippen LogP contribution in [0.15, 0.2) is 24.3 Å². The Morgan fingerprint density at radius 1 is 1.25 bits per heavy atom. The Bertz CT molecular complexity index is 888. The van der Waals surface area contributed by atoms with Gasteiger partial charge in [0.1, 0.15) is 11.9 Å². The number of hydrogen-bond acceptors (Lipinski definition) is 4.